The zero-order valence-electron chi connectivity index (χ0n) is 13.0. The van der Waals surface area contributed by atoms with Gasteiger partial charge < -0.3 is 19.9 Å². The average Bonchev–Trinajstić information content (AvgIpc) is 2.93. The van der Waals surface area contributed by atoms with Gasteiger partial charge in [0.2, 0.25) is 11.8 Å². The standard InChI is InChI=1S/C16H16N4O3/c1-8-13-14(10-5-4-9(21-2)6-12(10)22-3)11(7-17)15(18)23-16(13)20-19-8/h4-6,14H,18H2,1-3H3,(H,19,20). The molecule has 7 heteroatoms. The molecule has 2 heterocycles. The first-order chi connectivity index (χ1) is 11.1. The lowest BCUT2D eigenvalue weighted by molar-refractivity contribution is 0.373. The summed E-state index contributed by atoms with van der Waals surface area (Å²) in [7, 11) is 3.15. The lowest BCUT2D eigenvalue weighted by Crippen LogP contribution is -2.21. The second-order valence-corrected chi connectivity index (χ2v) is 5.10. The van der Waals surface area contributed by atoms with Gasteiger partial charge >= 0.3 is 0 Å². The molecule has 3 rings (SSSR count). The highest BCUT2D eigenvalue weighted by Gasteiger charge is 2.35. The van der Waals surface area contributed by atoms with Crippen molar-refractivity contribution in [1.82, 2.24) is 10.2 Å². The van der Waals surface area contributed by atoms with Crippen LogP contribution in [0.4, 0.5) is 0 Å². The van der Waals surface area contributed by atoms with E-state index in [2.05, 4.69) is 16.3 Å². The number of aromatic amines is 1. The van der Waals surface area contributed by atoms with Crippen molar-refractivity contribution >= 4 is 0 Å². The molecule has 1 aliphatic heterocycles. The number of hydrogen-bond donors (Lipinski definition) is 2. The van der Waals surface area contributed by atoms with Crippen molar-refractivity contribution in [1.29, 1.82) is 5.26 Å². The molecule has 0 bridgehead atoms. The number of nitrogens with one attached hydrogen (secondary N) is 1. The fourth-order valence-electron chi connectivity index (χ4n) is 2.77. The van der Waals surface area contributed by atoms with Crippen molar-refractivity contribution in [2.45, 2.75) is 12.8 Å². The van der Waals surface area contributed by atoms with Crippen LogP contribution in [-0.4, -0.2) is 24.4 Å². The molecule has 1 aromatic carbocycles. The van der Waals surface area contributed by atoms with Crippen LogP contribution in [0.5, 0.6) is 17.4 Å². The summed E-state index contributed by atoms with van der Waals surface area (Å²) in [6.07, 6.45) is 0. The summed E-state index contributed by atoms with van der Waals surface area (Å²) in [5.41, 5.74) is 8.61. The predicted molar refractivity (Wildman–Crippen MR) is 82.2 cm³/mol. The highest BCUT2D eigenvalue weighted by Crippen LogP contribution is 2.45. The molecule has 0 aliphatic carbocycles. The number of benzene rings is 1. The molecule has 0 amide bonds. The van der Waals surface area contributed by atoms with Gasteiger partial charge in [0, 0.05) is 22.9 Å². The van der Waals surface area contributed by atoms with Crippen LogP contribution < -0.4 is 19.9 Å². The van der Waals surface area contributed by atoms with Gasteiger partial charge in [0.25, 0.3) is 0 Å². The van der Waals surface area contributed by atoms with Crippen molar-refractivity contribution in [3.05, 3.63) is 46.5 Å². The quantitative estimate of drug-likeness (QED) is 0.897. The first kappa shape index (κ1) is 14.8. The SMILES string of the molecule is COc1ccc(C2C(C#N)=C(N)Oc3n[nH]c(C)c32)c(OC)c1. The van der Waals surface area contributed by atoms with E-state index >= 15 is 0 Å². The summed E-state index contributed by atoms with van der Waals surface area (Å²) in [6, 6.07) is 7.58. The van der Waals surface area contributed by atoms with Crippen molar-refractivity contribution < 1.29 is 14.2 Å². The van der Waals surface area contributed by atoms with E-state index in [1.165, 1.54) is 0 Å². The number of ether oxygens (including phenoxy) is 3. The second kappa shape index (κ2) is 5.57. The Hall–Kier alpha value is -3.14. The molecule has 23 heavy (non-hydrogen) atoms. The molecular formula is C16H16N4O3. The van der Waals surface area contributed by atoms with E-state index in [1.54, 1.807) is 20.3 Å². The number of methoxy groups -OCH3 is 2. The van der Waals surface area contributed by atoms with Gasteiger partial charge in [0.1, 0.15) is 23.1 Å². The van der Waals surface area contributed by atoms with E-state index in [0.717, 1.165) is 16.8 Å². The molecule has 0 spiro atoms. The minimum absolute atomic E-state index is 0.0503. The number of aromatic nitrogens is 2. The van der Waals surface area contributed by atoms with E-state index in [1.807, 2.05) is 19.1 Å². The van der Waals surface area contributed by atoms with E-state index in [9.17, 15) is 5.26 Å². The number of nitrogens with two attached hydrogens (primary N) is 1. The molecule has 3 N–H and O–H groups in total. The Balaban J connectivity index is 2.25. The van der Waals surface area contributed by atoms with E-state index in [0.29, 0.717) is 23.0 Å². The molecule has 1 unspecified atom stereocenters. The van der Waals surface area contributed by atoms with Crippen molar-refractivity contribution in [2.24, 2.45) is 5.73 Å². The summed E-state index contributed by atoms with van der Waals surface area (Å²) < 4.78 is 16.2. The maximum absolute atomic E-state index is 9.55. The summed E-state index contributed by atoms with van der Waals surface area (Å²) in [5.74, 6) is 1.28. The van der Waals surface area contributed by atoms with Gasteiger partial charge in [-0.1, -0.05) is 6.07 Å². The minimum atomic E-state index is -0.414. The monoisotopic (exact) mass is 312 g/mol. The van der Waals surface area contributed by atoms with Gasteiger partial charge in [-0.25, -0.2) is 0 Å². The number of nitrogens with zero attached hydrogens (tertiary/aromatic N) is 2. The number of H-pyrrole nitrogens is 1. The maximum atomic E-state index is 9.55. The highest BCUT2D eigenvalue weighted by molar-refractivity contribution is 5.58. The Labute approximate surface area is 133 Å². The molecule has 0 saturated carbocycles. The number of nitriles is 1. The summed E-state index contributed by atoms with van der Waals surface area (Å²) in [5, 5.41) is 16.5. The summed E-state index contributed by atoms with van der Waals surface area (Å²) >= 11 is 0. The average molecular weight is 312 g/mol. The minimum Gasteiger partial charge on any atom is -0.497 e. The van der Waals surface area contributed by atoms with Crippen molar-refractivity contribution in [3.63, 3.8) is 0 Å². The molecule has 0 fully saturated rings. The lowest BCUT2D eigenvalue weighted by atomic mass is 9.83. The lowest BCUT2D eigenvalue weighted by Gasteiger charge is -2.25. The zero-order valence-corrected chi connectivity index (χ0v) is 13.0. The molecule has 0 saturated heterocycles. The van der Waals surface area contributed by atoms with Crippen LogP contribution in [0, 0.1) is 18.3 Å². The van der Waals surface area contributed by atoms with E-state index in [4.69, 9.17) is 19.9 Å². The first-order valence-electron chi connectivity index (χ1n) is 6.95. The first-order valence-corrected chi connectivity index (χ1v) is 6.95. The molecule has 0 radical (unpaired) electrons. The smallest absolute Gasteiger partial charge is 0.244 e. The largest absolute Gasteiger partial charge is 0.497 e. The maximum Gasteiger partial charge on any atom is 0.244 e. The Kier molecular flexibility index (Phi) is 3.58. The Morgan fingerprint density at radius 1 is 1.35 bits per heavy atom. The third-order valence-electron chi connectivity index (χ3n) is 3.88. The topological polar surface area (TPSA) is 106 Å². The van der Waals surface area contributed by atoms with Gasteiger partial charge in [0.05, 0.1) is 20.1 Å². The fourth-order valence-corrected chi connectivity index (χ4v) is 2.77. The Bertz CT molecular complexity index is 832. The predicted octanol–water partition coefficient (Wildman–Crippen LogP) is 1.95. The van der Waals surface area contributed by atoms with Crippen molar-refractivity contribution in [3.8, 4) is 23.4 Å². The van der Waals surface area contributed by atoms with Gasteiger partial charge in [-0.2, -0.15) is 5.26 Å². The molecule has 1 aliphatic rings. The van der Waals surface area contributed by atoms with Crippen LogP contribution in [0.15, 0.2) is 29.7 Å². The van der Waals surface area contributed by atoms with Crippen LogP contribution in [0.2, 0.25) is 0 Å². The highest BCUT2D eigenvalue weighted by atomic mass is 16.5. The van der Waals surface area contributed by atoms with Gasteiger partial charge in [-0.15, -0.1) is 5.10 Å². The fraction of sp³-hybridized carbons (Fsp3) is 0.250. The van der Waals surface area contributed by atoms with Gasteiger partial charge in [0.15, 0.2) is 0 Å². The van der Waals surface area contributed by atoms with Gasteiger partial charge in [-0.05, 0) is 13.0 Å². The number of rotatable bonds is 3. The normalized spacial score (nSPS) is 16.3. The third-order valence-corrected chi connectivity index (χ3v) is 3.88. The third kappa shape index (κ3) is 2.25. The number of fused-ring (bicyclic) bond motifs is 1. The number of hydrogen-bond acceptors (Lipinski definition) is 6. The molecule has 1 atom stereocenters. The van der Waals surface area contributed by atoms with Crippen LogP contribution >= 0.6 is 0 Å². The summed E-state index contributed by atoms with van der Waals surface area (Å²) in [4.78, 5) is 0. The molecule has 2 aromatic rings. The van der Waals surface area contributed by atoms with E-state index < -0.39 is 5.92 Å². The molecular weight excluding hydrogens is 296 g/mol. The van der Waals surface area contributed by atoms with Crippen molar-refractivity contribution in [2.75, 3.05) is 14.2 Å². The number of allylic oxidation sites excluding steroid dienone is 1. The molecule has 7 nitrogen and oxygen atoms in total. The Morgan fingerprint density at radius 2 is 2.13 bits per heavy atom. The van der Waals surface area contributed by atoms with Crippen LogP contribution in [0.1, 0.15) is 22.7 Å². The Morgan fingerprint density at radius 3 is 2.78 bits per heavy atom. The molecule has 118 valence electrons. The van der Waals surface area contributed by atoms with E-state index in [-0.39, 0.29) is 5.88 Å². The zero-order chi connectivity index (χ0) is 16.6. The van der Waals surface area contributed by atoms with Gasteiger partial charge in [-0.3, -0.25) is 5.10 Å². The summed E-state index contributed by atoms with van der Waals surface area (Å²) in [6.45, 7) is 1.87. The molecule has 1 aromatic heterocycles. The number of aryl methyl sites for hydroxylation is 1. The van der Waals surface area contributed by atoms with Crippen LogP contribution in [0.25, 0.3) is 0 Å². The second-order valence-electron chi connectivity index (χ2n) is 5.10. The van der Waals surface area contributed by atoms with Crippen LogP contribution in [-0.2, 0) is 0 Å². The van der Waals surface area contributed by atoms with Crippen LogP contribution in [0.3, 0.4) is 0 Å².